The Balaban J connectivity index is 1.37. The number of para-hydroxylation sites is 1. The van der Waals surface area contributed by atoms with Crippen LogP contribution in [0.3, 0.4) is 0 Å². The van der Waals surface area contributed by atoms with Gasteiger partial charge in [0.25, 0.3) is 0 Å². The van der Waals surface area contributed by atoms with E-state index in [-0.39, 0.29) is 11.8 Å². The molecular formula is C25H32N2O3. The SMILES string of the molecule is Cc1ccccc1OCCCC(=O)N1CCCN(C(=O)CCc2ccccc2)CC1. The molecule has 160 valence electrons. The maximum absolute atomic E-state index is 12.6. The molecule has 1 aliphatic rings. The van der Waals surface area contributed by atoms with Crippen LogP contribution in [-0.2, 0) is 16.0 Å². The largest absolute Gasteiger partial charge is 0.493 e. The third-order valence-corrected chi connectivity index (χ3v) is 5.56. The zero-order chi connectivity index (χ0) is 21.2. The predicted molar refractivity (Wildman–Crippen MR) is 118 cm³/mol. The summed E-state index contributed by atoms with van der Waals surface area (Å²) in [6.07, 6.45) is 3.30. The molecular weight excluding hydrogens is 376 g/mol. The third kappa shape index (κ3) is 6.61. The van der Waals surface area contributed by atoms with E-state index in [0.717, 1.165) is 37.2 Å². The fourth-order valence-electron chi connectivity index (χ4n) is 3.75. The smallest absolute Gasteiger partial charge is 0.222 e. The van der Waals surface area contributed by atoms with Crippen LogP contribution in [-0.4, -0.2) is 54.4 Å². The van der Waals surface area contributed by atoms with E-state index >= 15 is 0 Å². The summed E-state index contributed by atoms with van der Waals surface area (Å²) in [6.45, 7) is 5.25. The molecule has 2 amide bonds. The van der Waals surface area contributed by atoms with E-state index in [1.54, 1.807) is 0 Å². The van der Waals surface area contributed by atoms with Crippen molar-refractivity contribution in [1.82, 2.24) is 9.80 Å². The first kappa shape index (κ1) is 21.9. The number of hydrogen-bond acceptors (Lipinski definition) is 3. The molecule has 1 heterocycles. The van der Waals surface area contributed by atoms with Gasteiger partial charge in [0, 0.05) is 39.0 Å². The second kappa shape index (κ2) is 11.4. The number of carbonyl (C=O) groups is 2. The molecule has 0 spiro atoms. The molecule has 30 heavy (non-hydrogen) atoms. The molecule has 0 unspecified atom stereocenters. The maximum atomic E-state index is 12.6. The Morgan fingerprint density at radius 3 is 2.17 bits per heavy atom. The van der Waals surface area contributed by atoms with Crippen molar-refractivity contribution in [3.63, 3.8) is 0 Å². The van der Waals surface area contributed by atoms with Crippen LogP contribution in [0.1, 0.15) is 36.8 Å². The number of hydrogen-bond donors (Lipinski definition) is 0. The van der Waals surface area contributed by atoms with E-state index in [1.165, 1.54) is 5.56 Å². The lowest BCUT2D eigenvalue weighted by atomic mass is 10.1. The first-order chi connectivity index (χ1) is 14.6. The maximum Gasteiger partial charge on any atom is 0.222 e. The molecule has 0 saturated carbocycles. The molecule has 0 N–H and O–H groups in total. The molecule has 0 bridgehead atoms. The van der Waals surface area contributed by atoms with Gasteiger partial charge in [-0.1, -0.05) is 48.5 Å². The highest BCUT2D eigenvalue weighted by atomic mass is 16.5. The van der Waals surface area contributed by atoms with Gasteiger partial charge in [0.1, 0.15) is 5.75 Å². The summed E-state index contributed by atoms with van der Waals surface area (Å²) < 4.78 is 5.79. The number of ether oxygens (including phenoxy) is 1. The van der Waals surface area contributed by atoms with Gasteiger partial charge in [0.05, 0.1) is 6.61 Å². The van der Waals surface area contributed by atoms with Crippen LogP contribution in [0.25, 0.3) is 0 Å². The second-order valence-corrected chi connectivity index (χ2v) is 7.82. The van der Waals surface area contributed by atoms with Gasteiger partial charge in [-0.25, -0.2) is 0 Å². The molecule has 1 fully saturated rings. The van der Waals surface area contributed by atoms with Gasteiger partial charge in [-0.3, -0.25) is 9.59 Å². The van der Waals surface area contributed by atoms with E-state index < -0.39 is 0 Å². The van der Waals surface area contributed by atoms with Crippen molar-refractivity contribution < 1.29 is 14.3 Å². The zero-order valence-corrected chi connectivity index (χ0v) is 17.9. The molecule has 2 aromatic rings. The molecule has 3 rings (SSSR count). The summed E-state index contributed by atoms with van der Waals surface area (Å²) >= 11 is 0. The Hall–Kier alpha value is -2.82. The first-order valence-electron chi connectivity index (χ1n) is 10.9. The van der Waals surface area contributed by atoms with Gasteiger partial charge < -0.3 is 14.5 Å². The molecule has 0 atom stereocenters. The number of carbonyl (C=O) groups excluding carboxylic acids is 2. The van der Waals surface area contributed by atoms with Gasteiger partial charge in [0.15, 0.2) is 0 Å². The summed E-state index contributed by atoms with van der Waals surface area (Å²) in [5.41, 5.74) is 2.29. The van der Waals surface area contributed by atoms with Crippen molar-refractivity contribution in [1.29, 1.82) is 0 Å². The van der Waals surface area contributed by atoms with Gasteiger partial charge in [0.2, 0.25) is 11.8 Å². The molecule has 1 saturated heterocycles. The van der Waals surface area contributed by atoms with E-state index in [2.05, 4.69) is 12.1 Å². The lowest BCUT2D eigenvalue weighted by Crippen LogP contribution is -2.37. The van der Waals surface area contributed by atoms with Crippen LogP contribution in [0.4, 0.5) is 0 Å². The normalized spacial score (nSPS) is 14.3. The number of amides is 2. The molecule has 5 heteroatoms. The number of nitrogens with zero attached hydrogens (tertiary/aromatic N) is 2. The fraction of sp³-hybridized carbons (Fsp3) is 0.440. The third-order valence-electron chi connectivity index (χ3n) is 5.56. The number of aryl methyl sites for hydroxylation is 2. The van der Waals surface area contributed by atoms with Crippen molar-refractivity contribution in [3.8, 4) is 5.75 Å². The second-order valence-electron chi connectivity index (χ2n) is 7.82. The summed E-state index contributed by atoms with van der Waals surface area (Å²) in [5, 5.41) is 0. The van der Waals surface area contributed by atoms with E-state index in [9.17, 15) is 9.59 Å². The lowest BCUT2D eigenvalue weighted by Gasteiger charge is -2.22. The van der Waals surface area contributed by atoms with Crippen molar-refractivity contribution in [2.24, 2.45) is 0 Å². The highest BCUT2D eigenvalue weighted by Crippen LogP contribution is 2.16. The van der Waals surface area contributed by atoms with E-state index in [0.29, 0.717) is 39.0 Å². The summed E-state index contributed by atoms with van der Waals surface area (Å²) in [6, 6.07) is 18.0. The predicted octanol–water partition coefficient (Wildman–Crippen LogP) is 3.85. The Bertz CT molecular complexity index is 822. The fourth-order valence-corrected chi connectivity index (χ4v) is 3.75. The minimum atomic E-state index is 0.155. The van der Waals surface area contributed by atoms with Crippen LogP contribution >= 0.6 is 0 Å². The Morgan fingerprint density at radius 2 is 1.47 bits per heavy atom. The Morgan fingerprint density at radius 1 is 0.833 bits per heavy atom. The molecule has 0 aromatic heterocycles. The van der Waals surface area contributed by atoms with Crippen LogP contribution < -0.4 is 4.74 Å². The highest BCUT2D eigenvalue weighted by Gasteiger charge is 2.21. The van der Waals surface area contributed by atoms with Gasteiger partial charge in [-0.15, -0.1) is 0 Å². The van der Waals surface area contributed by atoms with Crippen LogP contribution in [0.15, 0.2) is 54.6 Å². The van der Waals surface area contributed by atoms with Crippen molar-refractivity contribution >= 4 is 11.8 Å². The highest BCUT2D eigenvalue weighted by molar-refractivity contribution is 5.78. The number of benzene rings is 2. The van der Waals surface area contributed by atoms with E-state index in [4.69, 9.17) is 4.74 Å². The first-order valence-corrected chi connectivity index (χ1v) is 10.9. The molecule has 1 aliphatic heterocycles. The molecule has 2 aromatic carbocycles. The lowest BCUT2D eigenvalue weighted by molar-refractivity contribution is -0.133. The van der Waals surface area contributed by atoms with Crippen LogP contribution in [0.2, 0.25) is 0 Å². The standard InChI is InChI=1S/C25H32N2O3/c1-21-9-5-6-12-23(21)30-20-7-13-24(28)26-16-8-17-27(19-18-26)25(29)15-14-22-10-3-2-4-11-22/h2-6,9-12H,7-8,13-20H2,1H3. The Kier molecular flexibility index (Phi) is 8.30. The van der Waals surface area contributed by atoms with Gasteiger partial charge in [-0.05, 0) is 43.4 Å². The van der Waals surface area contributed by atoms with Gasteiger partial charge >= 0.3 is 0 Å². The molecule has 0 radical (unpaired) electrons. The van der Waals surface area contributed by atoms with Crippen LogP contribution in [0, 0.1) is 6.92 Å². The summed E-state index contributed by atoms with van der Waals surface area (Å²) in [7, 11) is 0. The minimum absolute atomic E-state index is 0.155. The molecule has 0 aliphatic carbocycles. The quantitative estimate of drug-likeness (QED) is 0.624. The minimum Gasteiger partial charge on any atom is -0.493 e. The number of rotatable bonds is 8. The summed E-state index contributed by atoms with van der Waals surface area (Å²) in [4.78, 5) is 29.0. The summed E-state index contributed by atoms with van der Waals surface area (Å²) in [5.74, 6) is 1.21. The average Bonchev–Trinajstić information content (AvgIpc) is 3.03. The van der Waals surface area contributed by atoms with Gasteiger partial charge in [-0.2, -0.15) is 0 Å². The van der Waals surface area contributed by atoms with Crippen molar-refractivity contribution in [2.45, 2.75) is 39.0 Å². The zero-order valence-electron chi connectivity index (χ0n) is 17.9. The van der Waals surface area contributed by atoms with E-state index in [1.807, 2.05) is 59.2 Å². The van der Waals surface area contributed by atoms with Crippen LogP contribution in [0.5, 0.6) is 5.75 Å². The Labute approximate surface area is 179 Å². The van der Waals surface area contributed by atoms with Crippen molar-refractivity contribution in [2.75, 3.05) is 32.8 Å². The monoisotopic (exact) mass is 408 g/mol. The molecule has 5 nitrogen and oxygen atoms in total. The van der Waals surface area contributed by atoms with Crippen molar-refractivity contribution in [3.05, 3.63) is 65.7 Å². The average molecular weight is 409 g/mol. The topological polar surface area (TPSA) is 49.9 Å².